The quantitative estimate of drug-likeness (QED) is 0.772. The predicted molar refractivity (Wildman–Crippen MR) is 63.8 cm³/mol. The van der Waals surface area contributed by atoms with Crippen LogP contribution < -0.4 is 10.1 Å². The zero-order valence-electron chi connectivity index (χ0n) is 10.2. The van der Waals surface area contributed by atoms with Crippen molar-refractivity contribution in [2.45, 2.75) is 6.10 Å². The molecule has 0 aliphatic heterocycles. The Kier molecular flexibility index (Phi) is 5.13. The normalized spacial score (nSPS) is 11.7. The molecule has 1 unspecified atom stereocenters. The van der Waals surface area contributed by atoms with Gasteiger partial charge < -0.3 is 19.9 Å². The zero-order chi connectivity index (χ0) is 13.5. The van der Waals surface area contributed by atoms with Crippen molar-refractivity contribution < 1.29 is 24.2 Å². The molecule has 6 nitrogen and oxygen atoms in total. The second kappa shape index (κ2) is 6.61. The van der Waals surface area contributed by atoms with Crippen LogP contribution in [0.5, 0.6) is 5.75 Å². The van der Waals surface area contributed by atoms with Gasteiger partial charge in [0.05, 0.1) is 13.7 Å². The van der Waals surface area contributed by atoms with E-state index >= 15 is 0 Å². The van der Waals surface area contributed by atoms with E-state index in [4.69, 9.17) is 14.6 Å². The molecular weight excluding hydrogens is 238 g/mol. The molecule has 0 heterocycles. The summed E-state index contributed by atoms with van der Waals surface area (Å²) in [6, 6.07) is 6.49. The Hall–Kier alpha value is -2.08. The lowest BCUT2D eigenvalue weighted by molar-refractivity contribution is -0.148. The van der Waals surface area contributed by atoms with E-state index in [0.717, 1.165) is 0 Å². The molecule has 0 aliphatic carbocycles. The van der Waals surface area contributed by atoms with Crippen molar-refractivity contribution in [1.29, 1.82) is 0 Å². The summed E-state index contributed by atoms with van der Waals surface area (Å²) < 4.78 is 9.67. The van der Waals surface area contributed by atoms with Gasteiger partial charge in [-0.3, -0.25) is 4.79 Å². The smallest absolute Gasteiger partial charge is 0.334 e. The van der Waals surface area contributed by atoms with Crippen LogP contribution in [0.15, 0.2) is 24.3 Å². The fraction of sp³-hybridized carbons (Fsp3) is 0.333. The van der Waals surface area contributed by atoms with Crippen LogP contribution in [0.3, 0.4) is 0 Å². The standard InChI is InChI=1S/C12H15NO5/c1-17-9-5-3-8(4-6-9)11(14)13-7-10(18-2)12(15)16/h3-6,10H,7H2,1-2H3,(H,13,14)(H,15,16). The molecule has 6 heteroatoms. The lowest BCUT2D eigenvalue weighted by Gasteiger charge is -2.11. The summed E-state index contributed by atoms with van der Waals surface area (Å²) in [6.07, 6.45) is -1.05. The summed E-state index contributed by atoms with van der Waals surface area (Å²) in [7, 11) is 2.81. The van der Waals surface area contributed by atoms with Gasteiger partial charge in [-0.25, -0.2) is 4.79 Å². The summed E-state index contributed by atoms with van der Waals surface area (Å²) in [5.74, 6) is -0.833. The average Bonchev–Trinajstić information content (AvgIpc) is 2.39. The largest absolute Gasteiger partial charge is 0.497 e. The Morgan fingerprint density at radius 3 is 2.33 bits per heavy atom. The molecule has 18 heavy (non-hydrogen) atoms. The highest BCUT2D eigenvalue weighted by molar-refractivity contribution is 5.94. The molecule has 0 bridgehead atoms. The monoisotopic (exact) mass is 253 g/mol. The minimum Gasteiger partial charge on any atom is -0.497 e. The number of hydrogen-bond acceptors (Lipinski definition) is 4. The number of methoxy groups -OCH3 is 2. The fourth-order valence-corrected chi connectivity index (χ4v) is 1.30. The highest BCUT2D eigenvalue weighted by Gasteiger charge is 2.17. The number of carboxylic acids is 1. The third-order valence-corrected chi connectivity index (χ3v) is 2.36. The number of amides is 1. The Bertz CT molecular complexity index is 415. The van der Waals surface area contributed by atoms with Crippen LogP contribution in [0.25, 0.3) is 0 Å². The third kappa shape index (κ3) is 3.74. The molecule has 2 N–H and O–H groups in total. The van der Waals surface area contributed by atoms with Crippen molar-refractivity contribution >= 4 is 11.9 Å². The Morgan fingerprint density at radius 1 is 1.28 bits per heavy atom. The number of carboxylic acid groups (broad SMARTS) is 1. The maximum atomic E-state index is 11.7. The van der Waals surface area contributed by atoms with E-state index in [9.17, 15) is 9.59 Å². The lowest BCUT2D eigenvalue weighted by Crippen LogP contribution is -2.37. The second-order valence-corrected chi connectivity index (χ2v) is 3.50. The summed E-state index contributed by atoms with van der Waals surface area (Å²) in [5, 5.41) is 11.2. The van der Waals surface area contributed by atoms with Gasteiger partial charge in [0.25, 0.3) is 5.91 Å². The Morgan fingerprint density at radius 2 is 1.89 bits per heavy atom. The summed E-state index contributed by atoms with van der Waals surface area (Å²) in [4.78, 5) is 22.4. The number of carbonyl (C=O) groups is 2. The summed E-state index contributed by atoms with van der Waals surface area (Å²) >= 11 is 0. The van der Waals surface area contributed by atoms with E-state index in [0.29, 0.717) is 11.3 Å². The van der Waals surface area contributed by atoms with E-state index in [1.54, 1.807) is 24.3 Å². The Labute approximate surface area is 105 Å². The topological polar surface area (TPSA) is 84.9 Å². The summed E-state index contributed by atoms with van der Waals surface area (Å²) in [6.45, 7) is -0.0866. The molecule has 1 rings (SSSR count). The molecule has 0 aromatic heterocycles. The van der Waals surface area contributed by atoms with Gasteiger partial charge in [0, 0.05) is 12.7 Å². The fourth-order valence-electron chi connectivity index (χ4n) is 1.30. The molecule has 1 aromatic carbocycles. The molecule has 0 saturated carbocycles. The molecule has 1 aromatic rings. The molecule has 1 atom stereocenters. The van der Waals surface area contributed by atoms with E-state index in [1.165, 1.54) is 14.2 Å². The van der Waals surface area contributed by atoms with Crippen molar-refractivity contribution in [3.63, 3.8) is 0 Å². The SMILES string of the molecule is COc1ccc(C(=O)NCC(OC)C(=O)O)cc1. The van der Waals surface area contributed by atoms with Crippen molar-refractivity contribution in [2.75, 3.05) is 20.8 Å². The van der Waals surface area contributed by atoms with Gasteiger partial charge in [-0.2, -0.15) is 0 Å². The number of carbonyl (C=O) groups excluding carboxylic acids is 1. The highest BCUT2D eigenvalue weighted by Crippen LogP contribution is 2.10. The predicted octanol–water partition coefficient (Wildman–Crippen LogP) is 0.525. The average molecular weight is 253 g/mol. The second-order valence-electron chi connectivity index (χ2n) is 3.50. The minimum atomic E-state index is -1.12. The van der Waals surface area contributed by atoms with Crippen molar-refractivity contribution in [1.82, 2.24) is 5.32 Å². The van der Waals surface area contributed by atoms with Crippen LogP contribution in [-0.2, 0) is 9.53 Å². The molecule has 0 fully saturated rings. The first-order chi connectivity index (χ1) is 8.58. The number of ether oxygens (including phenoxy) is 2. The first kappa shape index (κ1) is 14.0. The van der Waals surface area contributed by atoms with Crippen molar-refractivity contribution in [3.05, 3.63) is 29.8 Å². The van der Waals surface area contributed by atoms with E-state index in [1.807, 2.05) is 0 Å². The minimum absolute atomic E-state index is 0.0866. The lowest BCUT2D eigenvalue weighted by atomic mass is 10.2. The molecule has 0 saturated heterocycles. The molecule has 1 amide bonds. The van der Waals surface area contributed by atoms with E-state index in [2.05, 4.69) is 5.32 Å². The first-order valence-electron chi connectivity index (χ1n) is 5.26. The van der Waals surface area contributed by atoms with Crippen LogP contribution in [0.1, 0.15) is 10.4 Å². The van der Waals surface area contributed by atoms with Crippen LogP contribution in [0, 0.1) is 0 Å². The zero-order valence-corrected chi connectivity index (χ0v) is 10.2. The maximum Gasteiger partial charge on any atom is 0.334 e. The van der Waals surface area contributed by atoms with E-state index in [-0.39, 0.29) is 12.5 Å². The number of nitrogens with one attached hydrogen (secondary N) is 1. The van der Waals surface area contributed by atoms with Crippen LogP contribution >= 0.6 is 0 Å². The van der Waals surface area contributed by atoms with Gasteiger partial charge in [-0.1, -0.05) is 0 Å². The Balaban J connectivity index is 2.56. The van der Waals surface area contributed by atoms with Gasteiger partial charge in [-0.15, -0.1) is 0 Å². The number of hydrogen-bond donors (Lipinski definition) is 2. The van der Waals surface area contributed by atoms with E-state index < -0.39 is 12.1 Å². The number of rotatable bonds is 6. The summed E-state index contributed by atoms with van der Waals surface area (Å²) in [5.41, 5.74) is 0.427. The molecule has 0 radical (unpaired) electrons. The molecule has 0 spiro atoms. The van der Waals surface area contributed by atoms with Gasteiger partial charge in [-0.05, 0) is 24.3 Å². The number of aliphatic carboxylic acids is 1. The maximum absolute atomic E-state index is 11.7. The van der Waals surface area contributed by atoms with Crippen molar-refractivity contribution in [2.24, 2.45) is 0 Å². The van der Waals surface area contributed by atoms with Gasteiger partial charge in [0.15, 0.2) is 6.10 Å². The van der Waals surface area contributed by atoms with Gasteiger partial charge in [0.2, 0.25) is 0 Å². The van der Waals surface area contributed by atoms with Crippen LogP contribution in [-0.4, -0.2) is 43.9 Å². The molecule has 0 aliphatic rings. The van der Waals surface area contributed by atoms with Crippen LogP contribution in [0.4, 0.5) is 0 Å². The highest BCUT2D eigenvalue weighted by atomic mass is 16.5. The first-order valence-corrected chi connectivity index (χ1v) is 5.26. The molecular formula is C12H15NO5. The van der Waals surface area contributed by atoms with Gasteiger partial charge in [0.1, 0.15) is 5.75 Å². The van der Waals surface area contributed by atoms with Gasteiger partial charge >= 0.3 is 5.97 Å². The number of benzene rings is 1. The van der Waals surface area contributed by atoms with Crippen molar-refractivity contribution in [3.8, 4) is 5.75 Å². The van der Waals surface area contributed by atoms with Crippen LogP contribution in [0.2, 0.25) is 0 Å². The molecule has 98 valence electrons. The third-order valence-electron chi connectivity index (χ3n) is 2.36.